The summed E-state index contributed by atoms with van der Waals surface area (Å²) in [7, 11) is 0. The molecule has 2 N–H and O–H groups in total. The lowest BCUT2D eigenvalue weighted by molar-refractivity contribution is -0.120. The number of benzene rings is 1. The third-order valence-electron chi connectivity index (χ3n) is 3.33. The van der Waals surface area contributed by atoms with Gasteiger partial charge in [0.05, 0.1) is 6.04 Å². The molecule has 1 aromatic rings. The number of hydrogen-bond acceptors (Lipinski definition) is 2. The van der Waals surface area contributed by atoms with Crippen molar-refractivity contribution in [1.29, 1.82) is 0 Å². The number of para-hydroxylation sites is 1. The van der Waals surface area contributed by atoms with Gasteiger partial charge in [-0.2, -0.15) is 0 Å². The van der Waals surface area contributed by atoms with E-state index in [-0.39, 0.29) is 11.9 Å². The van der Waals surface area contributed by atoms with Crippen molar-refractivity contribution in [1.82, 2.24) is 0 Å². The zero-order valence-corrected chi connectivity index (χ0v) is 10.5. The molecule has 2 rings (SSSR count). The van der Waals surface area contributed by atoms with E-state index in [1.165, 1.54) is 5.56 Å². The quantitative estimate of drug-likeness (QED) is 0.850. The van der Waals surface area contributed by atoms with Crippen molar-refractivity contribution in [2.45, 2.75) is 38.6 Å². The summed E-state index contributed by atoms with van der Waals surface area (Å²) in [5, 5.41) is 0. The van der Waals surface area contributed by atoms with Crippen LogP contribution < -0.4 is 10.6 Å². The highest BCUT2D eigenvalue weighted by molar-refractivity contribution is 5.98. The van der Waals surface area contributed by atoms with Crippen LogP contribution in [0.1, 0.15) is 38.2 Å². The van der Waals surface area contributed by atoms with Crippen molar-refractivity contribution in [3.8, 4) is 0 Å². The molecule has 0 aliphatic carbocycles. The van der Waals surface area contributed by atoms with E-state index in [0.717, 1.165) is 25.1 Å². The molecule has 3 nitrogen and oxygen atoms in total. The van der Waals surface area contributed by atoms with Gasteiger partial charge in [0.15, 0.2) is 0 Å². The van der Waals surface area contributed by atoms with Crippen molar-refractivity contribution in [3.05, 3.63) is 29.8 Å². The molecule has 0 saturated carbocycles. The van der Waals surface area contributed by atoms with Crippen LogP contribution in [0.4, 0.5) is 5.69 Å². The maximum absolute atomic E-state index is 12.1. The lowest BCUT2D eigenvalue weighted by atomic mass is 9.98. The Balaban J connectivity index is 2.36. The van der Waals surface area contributed by atoms with Crippen molar-refractivity contribution in [2.24, 2.45) is 5.73 Å². The Kier molecular flexibility index (Phi) is 3.48. The zero-order chi connectivity index (χ0) is 12.4. The van der Waals surface area contributed by atoms with Crippen LogP contribution in [0.5, 0.6) is 0 Å². The lowest BCUT2D eigenvalue weighted by Gasteiger charge is -2.32. The fourth-order valence-corrected chi connectivity index (χ4v) is 2.36. The summed E-state index contributed by atoms with van der Waals surface area (Å²) in [6, 6.07) is 7.78. The Labute approximate surface area is 103 Å². The molecular weight excluding hydrogens is 212 g/mol. The first-order valence-corrected chi connectivity index (χ1v) is 6.27. The van der Waals surface area contributed by atoms with Gasteiger partial charge in [-0.25, -0.2) is 0 Å². The molecule has 0 aromatic heterocycles. The monoisotopic (exact) mass is 232 g/mol. The van der Waals surface area contributed by atoms with Crippen LogP contribution >= 0.6 is 0 Å². The van der Waals surface area contributed by atoms with Gasteiger partial charge >= 0.3 is 0 Å². The van der Waals surface area contributed by atoms with Gasteiger partial charge < -0.3 is 10.6 Å². The predicted octanol–water partition coefficient (Wildman–Crippen LogP) is 2.26. The number of carbonyl (C=O) groups is 1. The number of hydrogen-bond donors (Lipinski definition) is 1. The minimum Gasteiger partial charge on any atom is -0.320 e. The average Bonchev–Trinajstić information content (AvgIpc) is 2.33. The van der Waals surface area contributed by atoms with Gasteiger partial charge in [-0.05, 0) is 30.4 Å². The van der Waals surface area contributed by atoms with Gasteiger partial charge in [-0.3, -0.25) is 4.79 Å². The normalized spacial score (nSPS) is 21.1. The fourth-order valence-electron chi connectivity index (χ4n) is 2.36. The molecule has 1 aromatic carbocycles. The Morgan fingerprint density at radius 2 is 2.06 bits per heavy atom. The van der Waals surface area contributed by atoms with Crippen LogP contribution in [0, 0.1) is 0 Å². The maximum Gasteiger partial charge on any atom is 0.243 e. The number of piperidine rings is 1. The van der Waals surface area contributed by atoms with E-state index in [1.807, 2.05) is 23.1 Å². The van der Waals surface area contributed by atoms with E-state index in [9.17, 15) is 4.79 Å². The Hall–Kier alpha value is -1.35. The number of carbonyl (C=O) groups excluding carboxylic acids is 1. The maximum atomic E-state index is 12.1. The predicted molar refractivity (Wildman–Crippen MR) is 70.1 cm³/mol. The van der Waals surface area contributed by atoms with Crippen LogP contribution in [0.25, 0.3) is 0 Å². The SMILES string of the molecule is CC(C)c1ccccc1N1CCCC(N)C1=O. The van der Waals surface area contributed by atoms with E-state index < -0.39 is 0 Å². The average molecular weight is 232 g/mol. The minimum absolute atomic E-state index is 0.0596. The zero-order valence-electron chi connectivity index (χ0n) is 10.5. The van der Waals surface area contributed by atoms with Crippen LogP contribution in [-0.4, -0.2) is 18.5 Å². The highest BCUT2D eigenvalue weighted by atomic mass is 16.2. The molecule has 92 valence electrons. The van der Waals surface area contributed by atoms with Crippen LogP contribution in [0.3, 0.4) is 0 Å². The second-order valence-corrected chi connectivity index (χ2v) is 4.95. The fraction of sp³-hybridized carbons (Fsp3) is 0.500. The molecule has 3 heteroatoms. The first-order valence-electron chi connectivity index (χ1n) is 6.27. The lowest BCUT2D eigenvalue weighted by Crippen LogP contribution is -2.48. The third-order valence-corrected chi connectivity index (χ3v) is 3.33. The van der Waals surface area contributed by atoms with Gasteiger partial charge in [0.25, 0.3) is 0 Å². The molecule has 17 heavy (non-hydrogen) atoms. The molecule has 0 spiro atoms. The summed E-state index contributed by atoms with van der Waals surface area (Å²) in [5.41, 5.74) is 8.09. The van der Waals surface area contributed by atoms with Crippen LogP contribution in [0.15, 0.2) is 24.3 Å². The largest absolute Gasteiger partial charge is 0.320 e. The molecule has 1 amide bonds. The van der Waals surface area contributed by atoms with E-state index >= 15 is 0 Å². The molecule has 1 aliphatic heterocycles. The Morgan fingerprint density at radius 1 is 1.35 bits per heavy atom. The van der Waals surface area contributed by atoms with Crippen molar-refractivity contribution in [2.75, 3.05) is 11.4 Å². The van der Waals surface area contributed by atoms with Gasteiger partial charge in [0.2, 0.25) is 5.91 Å². The summed E-state index contributed by atoms with van der Waals surface area (Å²) < 4.78 is 0. The van der Waals surface area contributed by atoms with E-state index in [1.54, 1.807) is 0 Å². The molecule has 1 unspecified atom stereocenters. The number of amides is 1. The van der Waals surface area contributed by atoms with Crippen LogP contribution in [0.2, 0.25) is 0 Å². The minimum atomic E-state index is -0.330. The molecule has 1 saturated heterocycles. The van der Waals surface area contributed by atoms with E-state index in [4.69, 9.17) is 5.73 Å². The second kappa shape index (κ2) is 4.88. The van der Waals surface area contributed by atoms with Gasteiger partial charge in [-0.15, -0.1) is 0 Å². The molecule has 1 aliphatic rings. The van der Waals surface area contributed by atoms with Gasteiger partial charge in [0.1, 0.15) is 0 Å². The van der Waals surface area contributed by atoms with Crippen molar-refractivity contribution in [3.63, 3.8) is 0 Å². The summed E-state index contributed by atoms with van der Waals surface area (Å²) in [6.45, 7) is 5.08. The molecular formula is C14H20N2O. The first kappa shape index (κ1) is 12.1. The van der Waals surface area contributed by atoms with E-state index in [2.05, 4.69) is 19.9 Å². The summed E-state index contributed by atoms with van der Waals surface area (Å²) in [5.74, 6) is 0.474. The number of nitrogens with two attached hydrogens (primary N) is 1. The van der Waals surface area contributed by atoms with Crippen molar-refractivity contribution < 1.29 is 4.79 Å². The standard InChI is InChI=1S/C14H20N2O/c1-10(2)11-6-3-4-8-13(11)16-9-5-7-12(15)14(16)17/h3-4,6,8,10,12H,5,7,9,15H2,1-2H3. The molecule has 0 bridgehead atoms. The van der Waals surface area contributed by atoms with E-state index in [0.29, 0.717) is 5.92 Å². The smallest absolute Gasteiger partial charge is 0.243 e. The summed E-state index contributed by atoms with van der Waals surface area (Å²) in [6.07, 6.45) is 1.79. The number of anilines is 1. The summed E-state index contributed by atoms with van der Waals surface area (Å²) >= 11 is 0. The number of rotatable bonds is 2. The highest BCUT2D eigenvalue weighted by Crippen LogP contribution is 2.29. The third kappa shape index (κ3) is 2.34. The Morgan fingerprint density at radius 3 is 2.76 bits per heavy atom. The van der Waals surface area contributed by atoms with Gasteiger partial charge in [0, 0.05) is 12.2 Å². The van der Waals surface area contributed by atoms with Crippen LogP contribution in [-0.2, 0) is 4.79 Å². The molecule has 0 radical (unpaired) electrons. The highest BCUT2D eigenvalue weighted by Gasteiger charge is 2.28. The van der Waals surface area contributed by atoms with Crippen molar-refractivity contribution >= 4 is 11.6 Å². The molecule has 1 atom stereocenters. The molecule has 1 heterocycles. The first-order chi connectivity index (χ1) is 8.11. The molecule has 1 fully saturated rings. The topological polar surface area (TPSA) is 46.3 Å². The van der Waals surface area contributed by atoms with Gasteiger partial charge in [-0.1, -0.05) is 32.0 Å². The number of nitrogens with zero attached hydrogens (tertiary/aromatic N) is 1. The second-order valence-electron chi connectivity index (χ2n) is 4.95. The summed E-state index contributed by atoms with van der Waals surface area (Å²) in [4.78, 5) is 14.0. The Bertz CT molecular complexity index is 414.